The summed E-state index contributed by atoms with van der Waals surface area (Å²) in [5.41, 5.74) is 0.885. The van der Waals surface area contributed by atoms with E-state index in [-0.39, 0.29) is 23.2 Å². The number of hydrogen-bond acceptors (Lipinski definition) is 6. The van der Waals surface area contributed by atoms with Gasteiger partial charge in [-0.3, -0.25) is 10.1 Å². The molecule has 0 spiro atoms. The fourth-order valence-electron chi connectivity index (χ4n) is 2.42. The normalized spacial score (nSPS) is 19.6. The van der Waals surface area contributed by atoms with Crippen molar-refractivity contribution in [1.29, 1.82) is 0 Å². The molecular weight excluding hydrogens is 364 g/mol. The average molecular weight is 386 g/mol. The summed E-state index contributed by atoms with van der Waals surface area (Å²) in [7, 11) is -2.96. The van der Waals surface area contributed by atoms with Crippen molar-refractivity contribution in [2.75, 3.05) is 30.1 Å². The quantitative estimate of drug-likeness (QED) is 0.238. The Morgan fingerprint density at radius 1 is 1.40 bits per heavy atom. The minimum Gasteiger partial charge on any atom is -0.356 e. The minimum atomic E-state index is -2.96. The number of thioether (sulfide) groups is 1. The second-order valence-corrected chi connectivity index (χ2v) is 8.97. The van der Waals surface area contributed by atoms with E-state index in [0.29, 0.717) is 25.5 Å². The summed E-state index contributed by atoms with van der Waals surface area (Å²) in [6.07, 6.45) is 2.58. The van der Waals surface area contributed by atoms with Crippen LogP contribution in [-0.2, 0) is 16.4 Å². The maximum atomic E-state index is 11.6. The van der Waals surface area contributed by atoms with Gasteiger partial charge in [-0.2, -0.15) is 11.8 Å². The molecule has 0 radical (unpaired) electrons. The Hall–Kier alpha value is -1.81. The second kappa shape index (κ2) is 9.04. The molecule has 1 aromatic rings. The lowest BCUT2D eigenvalue weighted by atomic mass is 10.2. The van der Waals surface area contributed by atoms with E-state index in [1.165, 1.54) is 12.1 Å². The maximum absolute atomic E-state index is 11.6. The molecule has 0 bridgehead atoms. The molecule has 1 fully saturated rings. The zero-order valence-electron chi connectivity index (χ0n) is 14.0. The fourth-order valence-corrected chi connectivity index (χ4v) is 4.40. The predicted octanol–water partition coefficient (Wildman–Crippen LogP) is 1.18. The summed E-state index contributed by atoms with van der Waals surface area (Å²) in [5, 5.41) is 17.0. The molecule has 10 heteroatoms. The third-order valence-corrected chi connectivity index (χ3v) is 6.12. The Kier molecular flexibility index (Phi) is 7.06. The molecule has 0 aromatic heterocycles. The molecule has 1 aliphatic rings. The number of nitrogens with one attached hydrogen (secondary N) is 2. The summed E-state index contributed by atoms with van der Waals surface area (Å²) in [6, 6.07) is 6.09. The number of sulfone groups is 1. The smallest absolute Gasteiger partial charge is 0.269 e. The first-order chi connectivity index (χ1) is 11.9. The molecule has 0 aliphatic carbocycles. The van der Waals surface area contributed by atoms with Gasteiger partial charge in [0.15, 0.2) is 15.8 Å². The second-order valence-electron chi connectivity index (χ2n) is 5.75. The van der Waals surface area contributed by atoms with Crippen LogP contribution < -0.4 is 10.6 Å². The number of nitro benzene ring substituents is 1. The van der Waals surface area contributed by atoms with Gasteiger partial charge in [0.25, 0.3) is 5.69 Å². The highest BCUT2D eigenvalue weighted by Gasteiger charge is 2.28. The van der Waals surface area contributed by atoms with Crippen LogP contribution in [0.2, 0.25) is 0 Å². The predicted molar refractivity (Wildman–Crippen MR) is 101 cm³/mol. The number of non-ortho nitro benzene ring substituents is 1. The molecule has 1 heterocycles. The summed E-state index contributed by atoms with van der Waals surface area (Å²) >= 11 is 1.70. The Morgan fingerprint density at radius 3 is 2.68 bits per heavy atom. The van der Waals surface area contributed by atoms with Crippen molar-refractivity contribution in [2.24, 2.45) is 4.99 Å². The molecule has 1 aliphatic heterocycles. The molecular formula is C15H22N4O4S2. The molecule has 8 nitrogen and oxygen atoms in total. The number of rotatable bonds is 7. The largest absolute Gasteiger partial charge is 0.356 e. The molecule has 1 aromatic carbocycles. The molecule has 0 amide bonds. The molecule has 138 valence electrons. The summed E-state index contributed by atoms with van der Waals surface area (Å²) < 4.78 is 23.2. The van der Waals surface area contributed by atoms with E-state index in [1.54, 1.807) is 23.9 Å². The van der Waals surface area contributed by atoms with Crippen molar-refractivity contribution >= 4 is 33.2 Å². The highest BCUT2D eigenvalue weighted by molar-refractivity contribution is 7.98. The Balaban J connectivity index is 2.00. The molecule has 2 rings (SSSR count). The van der Waals surface area contributed by atoms with E-state index >= 15 is 0 Å². The fraction of sp³-hybridized carbons (Fsp3) is 0.533. The number of guanidine groups is 1. The number of benzene rings is 1. The van der Waals surface area contributed by atoms with E-state index in [0.717, 1.165) is 11.3 Å². The van der Waals surface area contributed by atoms with Gasteiger partial charge in [-0.15, -0.1) is 0 Å². The molecule has 1 atom stereocenters. The van der Waals surface area contributed by atoms with Crippen LogP contribution in [0.25, 0.3) is 0 Å². The molecule has 25 heavy (non-hydrogen) atoms. The average Bonchev–Trinajstić information content (AvgIpc) is 2.91. The van der Waals surface area contributed by atoms with E-state index in [9.17, 15) is 18.5 Å². The van der Waals surface area contributed by atoms with Crippen molar-refractivity contribution < 1.29 is 13.3 Å². The first kappa shape index (κ1) is 19.5. The first-order valence-electron chi connectivity index (χ1n) is 7.87. The van der Waals surface area contributed by atoms with Gasteiger partial charge >= 0.3 is 0 Å². The summed E-state index contributed by atoms with van der Waals surface area (Å²) in [5.74, 6) is 1.79. The molecule has 1 saturated heterocycles. The van der Waals surface area contributed by atoms with Gasteiger partial charge in [-0.1, -0.05) is 12.1 Å². The van der Waals surface area contributed by atoms with Gasteiger partial charge in [0, 0.05) is 30.5 Å². The van der Waals surface area contributed by atoms with Crippen LogP contribution in [0.1, 0.15) is 12.0 Å². The lowest BCUT2D eigenvalue weighted by Crippen LogP contribution is -2.44. The first-order valence-corrected chi connectivity index (χ1v) is 11.1. The van der Waals surface area contributed by atoms with E-state index < -0.39 is 14.8 Å². The van der Waals surface area contributed by atoms with Gasteiger partial charge in [-0.05, 0) is 18.2 Å². The van der Waals surface area contributed by atoms with Gasteiger partial charge in [0.05, 0.1) is 23.0 Å². The van der Waals surface area contributed by atoms with Crippen LogP contribution in [0.3, 0.4) is 0 Å². The monoisotopic (exact) mass is 386 g/mol. The molecule has 1 unspecified atom stereocenters. The minimum absolute atomic E-state index is 0.0420. The third kappa shape index (κ3) is 6.54. The Morgan fingerprint density at radius 2 is 2.12 bits per heavy atom. The number of hydrogen-bond donors (Lipinski definition) is 2. The number of nitrogens with zero attached hydrogens (tertiary/aromatic N) is 2. The van der Waals surface area contributed by atoms with Crippen molar-refractivity contribution in [3.05, 3.63) is 39.9 Å². The van der Waals surface area contributed by atoms with E-state index in [2.05, 4.69) is 15.6 Å². The van der Waals surface area contributed by atoms with Gasteiger partial charge < -0.3 is 10.6 Å². The Labute approximate surface area is 151 Å². The van der Waals surface area contributed by atoms with Gasteiger partial charge in [-0.25, -0.2) is 13.4 Å². The van der Waals surface area contributed by atoms with Crippen molar-refractivity contribution in [3.8, 4) is 0 Å². The van der Waals surface area contributed by atoms with Gasteiger partial charge in [0.2, 0.25) is 0 Å². The highest BCUT2D eigenvalue weighted by Crippen LogP contribution is 2.13. The van der Waals surface area contributed by atoms with Gasteiger partial charge in [0.1, 0.15) is 0 Å². The van der Waals surface area contributed by atoms with E-state index in [4.69, 9.17) is 0 Å². The van der Waals surface area contributed by atoms with Crippen LogP contribution >= 0.6 is 11.8 Å². The van der Waals surface area contributed by atoms with Crippen LogP contribution in [-0.4, -0.2) is 55.4 Å². The number of nitro groups is 1. The van der Waals surface area contributed by atoms with Crippen molar-refractivity contribution in [1.82, 2.24) is 10.6 Å². The lowest BCUT2D eigenvalue weighted by molar-refractivity contribution is -0.384. The SMILES string of the molecule is CSCCNC(=NCc1ccc([N+](=O)[O-])cc1)NC1CCS(=O)(=O)C1. The maximum Gasteiger partial charge on any atom is 0.269 e. The standard InChI is InChI=1S/C15H22N4O4S2/c1-24-8-7-16-15(18-13-6-9-25(22,23)11-13)17-10-12-2-4-14(5-3-12)19(20)21/h2-5,13H,6-11H2,1H3,(H2,16,17,18). The molecule has 0 saturated carbocycles. The van der Waals surface area contributed by atoms with Crippen molar-refractivity contribution in [2.45, 2.75) is 19.0 Å². The number of aliphatic imine (C=N–C) groups is 1. The topological polar surface area (TPSA) is 114 Å². The molecule has 2 N–H and O–H groups in total. The summed E-state index contributed by atoms with van der Waals surface area (Å²) in [6.45, 7) is 1.07. The zero-order chi connectivity index (χ0) is 18.3. The third-order valence-electron chi connectivity index (χ3n) is 3.74. The van der Waals surface area contributed by atoms with Crippen LogP contribution in [0, 0.1) is 10.1 Å². The van der Waals surface area contributed by atoms with Crippen molar-refractivity contribution in [3.63, 3.8) is 0 Å². The lowest BCUT2D eigenvalue weighted by Gasteiger charge is -2.16. The Bertz CT molecular complexity index is 720. The van der Waals surface area contributed by atoms with E-state index in [1.807, 2.05) is 6.26 Å². The summed E-state index contributed by atoms with van der Waals surface area (Å²) in [4.78, 5) is 14.7. The van der Waals surface area contributed by atoms with Crippen LogP contribution in [0.15, 0.2) is 29.3 Å². The zero-order valence-corrected chi connectivity index (χ0v) is 15.6. The van der Waals surface area contributed by atoms with Crippen LogP contribution in [0.5, 0.6) is 0 Å². The highest BCUT2D eigenvalue weighted by atomic mass is 32.2. The van der Waals surface area contributed by atoms with Crippen LogP contribution in [0.4, 0.5) is 5.69 Å².